The summed E-state index contributed by atoms with van der Waals surface area (Å²) in [6.45, 7) is 8.57. The van der Waals surface area contributed by atoms with Gasteiger partial charge in [-0.25, -0.2) is 0 Å². The van der Waals surface area contributed by atoms with Crippen LogP contribution in [-0.4, -0.2) is 61.1 Å². The molecule has 1 saturated carbocycles. The quantitative estimate of drug-likeness (QED) is 0.300. The van der Waals surface area contributed by atoms with Gasteiger partial charge in [0, 0.05) is 26.2 Å². The lowest BCUT2D eigenvalue weighted by molar-refractivity contribution is -0.233. The maximum absolute atomic E-state index is 12.0. The Hall–Kier alpha value is -1.93. The molecule has 160 valence electrons. The van der Waals surface area contributed by atoms with E-state index in [0.717, 1.165) is 6.42 Å². The van der Waals surface area contributed by atoms with Crippen LogP contribution in [0.1, 0.15) is 47.5 Å². The molecule has 2 heterocycles. The average Bonchev–Trinajstić information content (AvgIpc) is 3.40. The van der Waals surface area contributed by atoms with Gasteiger partial charge in [0.05, 0.1) is 18.1 Å². The molecule has 0 amide bonds. The van der Waals surface area contributed by atoms with Gasteiger partial charge in [0.2, 0.25) is 0 Å². The highest BCUT2D eigenvalue weighted by atomic mass is 16.7. The third-order valence-electron chi connectivity index (χ3n) is 7.36. The van der Waals surface area contributed by atoms with Crippen LogP contribution in [0.25, 0.3) is 0 Å². The average molecular weight is 408 g/mol. The zero-order valence-corrected chi connectivity index (χ0v) is 17.5. The van der Waals surface area contributed by atoms with Crippen LogP contribution in [0, 0.1) is 10.8 Å². The largest absolute Gasteiger partial charge is 0.465 e. The van der Waals surface area contributed by atoms with E-state index in [1.54, 1.807) is 0 Å². The second-order valence-corrected chi connectivity index (χ2v) is 8.91. The van der Waals surface area contributed by atoms with Crippen molar-refractivity contribution in [2.24, 2.45) is 10.8 Å². The molecule has 7 atom stereocenters. The van der Waals surface area contributed by atoms with Gasteiger partial charge < -0.3 is 23.7 Å². The molecule has 0 N–H and O–H groups in total. The molecule has 0 aromatic carbocycles. The highest BCUT2D eigenvalue weighted by molar-refractivity contribution is 5.68. The molecule has 8 nitrogen and oxygen atoms in total. The van der Waals surface area contributed by atoms with Crippen molar-refractivity contribution in [1.29, 1.82) is 0 Å². The molecule has 2 aliphatic carbocycles. The van der Waals surface area contributed by atoms with Gasteiger partial charge in [-0.05, 0) is 19.8 Å². The van der Waals surface area contributed by atoms with E-state index in [0.29, 0.717) is 13.0 Å². The topological polar surface area (TPSA) is 101 Å². The smallest absolute Gasteiger partial charge is 0.303 e. The number of epoxide rings is 1. The van der Waals surface area contributed by atoms with E-state index in [1.807, 2.05) is 13.8 Å². The number of rotatable bonds is 4. The normalized spacial score (nSPS) is 44.5. The summed E-state index contributed by atoms with van der Waals surface area (Å²) in [6.07, 6.45) is 1.00. The van der Waals surface area contributed by atoms with Crippen molar-refractivity contribution in [3.05, 3.63) is 11.6 Å². The fourth-order valence-corrected chi connectivity index (χ4v) is 5.88. The van der Waals surface area contributed by atoms with E-state index in [2.05, 4.69) is 6.08 Å². The van der Waals surface area contributed by atoms with Crippen LogP contribution in [0.2, 0.25) is 0 Å². The predicted octanol–water partition coefficient (Wildman–Crippen LogP) is 1.70. The van der Waals surface area contributed by atoms with Crippen molar-refractivity contribution in [3.8, 4) is 0 Å². The fraction of sp³-hybridized carbons (Fsp3) is 0.762. The van der Waals surface area contributed by atoms with Crippen LogP contribution < -0.4 is 0 Å². The number of ether oxygens (including phenoxy) is 5. The molecular formula is C21H28O8. The molecule has 0 aromatic rings. The zero-order valence-electron chi connectivity index (χ0n) is 17.5. The second-order valence-electron chi connectivity index (χ2n) is 8.91. The Labute approximate surface area is 169 Å². The van der Waals surface area contributed by atoms with Crippen molar-refractivity contribution in [2.45, 2.75) is 77.5 Å². The molecule has 8 heteroatoms. The lowest BCUT2D eigenvalue weighted by Crippen LogP contribution is -2.66. The molecular weight excluding hydrogens is 380 g/mol. The van der Waals surface area contributed by atoms with E-state index in [-0.39, 0.29) is 18.7 Å². The first-order valence-corrected chi connectivity index (χ1v) is 10.0. The number of hydrogen-bond acceptors (Lipinski definition) is 8. The van der Waals surface area contributed by atoms with Crippen molar-refractivity contribution in [1.82, 2.24) is 0 Å². The van der Waals surface area contributed by atoms with E-state index in [9.17, 15) is 14.4 Å². The third-order valence-corrected chi connectivity index (χ3v) is 7.36. The SMILES string of the molecule is CC(=O)OC[C@]12CCC(C)=C[C@@H]1O[C@H]1[C@@H](OC(C)=O)[C@@H](OC(C)=O)[C@]2(C)[C@]12CO2. The lowest BCUT2D eigenvalue weighted by atomic mass is 9.51. The first kappa shape index (κ1) is 20.3. The highest BCUT2D eigenvalue weighted by Crippen LogP contribution is 2.72. The van der Waals surface area contributed by atoms with Gasteiger partial charge in [0.25, 0.3) is 0 Å². The molecule has 4 aliphatic rings. The molecule has 29 heavy (non-hydrogen) atoms. The summed E-state index contributed by atoms with van der Waals surface area (Å²) in [5.74, 6) is -1.34. The first-order valence-electron chi connectivity index (χ1n) is 10.0. The zero-order chi connectivity index (χ0) is 21.2. The van der Waals surface area contributed by atoms with Crippen LogP contribution in [0.4, 0.5) is 0 Å². The van der Waals surface area contributed by atoms with Crippen molar-refractivity contribution < 1.29 is 38.1 Å². The van der Waals surface area contributed by atoms with Gasteiger partial charge in [-0.15, -0.1) is 0 Å². The summed E-state index contributed by atoms with van der Waals surface area (Å²) in [7, 11) is 0. The molecule has 0 unspecified atom stereocenters. The van der Waals surface area contributed by atoms with Gasteiger partial charge in [-0.3, -0.25) is 14.4 Å². The molecule has 3 fully saturated rings. The maximum Gasteiger partial charge on any atom is 0.303 e. The predicted molar refractivity (Wildman–Crippen MR) is 98.6 cm³/mol. The van der Waals surface area contributed by atoms with Crippen LogP contribution in [0.15, 0.2) is 11.6 Å². The van der Waals surface area contributed by atoms with E-state index >= 15 is 0 Å². The monoisotopic (exact) mass is 408 g/mol. The minimum Gasteiger partial charge on any atom is -0.465 e. The number of carbonyl (C=O) groups excluding carboxylic acids is 3. The van der Waals surface area contributed by atoms with Crippen molar-refractivity contribution >= 4 is 17.9 Å². The fourth-order valence-electron chi connectivity index (χ4n) is 5.88. The number of allylic oxidation sites excluding steroid dienone is 1. The van der Waals surface area contributed by atoms with Gasteiger partial charge in [0.15, 0.2) is 12.2 Å². The van der Waals surface area contributed by atoms with Crippen LogP contribution in [0.3, 0.4) is 0 Å². The van der Waals surface area contributed by atoms with E-state index < -0.39 is 46.7 Å². The van der Waals surface area contributed by atoms with Gasteiger partial charge >= 0.3 is 17.9 Å². The Morgan fingerprint density at radius 1 is 1.14 bits per heavy atom. The van der Waals surface area contributed by atoms with Gasteiger partial charge in [-0.1, -0.05) is 18.6 Å². The number of carbonyl (C=O) groups is 3. The summed E-state index contributed by atoms with van der Waals surface area (Å²) in [6, 6.07) is 0. The standard InChI is InChI=1S/C21H28O8/c1-11-6-7-20(9-25-12(2)22)15(8-11)29-18-16(27-13(3)23)17(28-14(4)24)19(20,5)21(18)10-26-21/h8,15-18H,6-7,9-10H2,1-5H3/t15-,16-,17+,18-,19-,20+,21-/m0/s1. The summed E-state index contributed by atoms with van der Waals surface area (Å²) in [4.78, 5) is 35.6. The number of esters is 3. The molecule has 1 spiro atoms. The Morgan fingerprint density at radius 2 is 1.79 bits per heavy atom. The Bertz CT molecular complexity index is 784. The maximum atomic E-state index is 12.0. The molecule has 4 rings (SSSR count). The number of hydrogen-bond donors (Lipinski definition) is 0. The molecule has 2 aliphatic heterocycles. The molecule has 2 saturated heterocycles. The van der Waals surface area contributed by atoms with Crippen LogP contribution >= 0.6 is 0 Å². The second kappa shape index (κ2) is 6.54. The minimum absolute atomic E-state index is 0.107. The van der Waals surface area contributed by atoms with E-state index in [1.165, 1.54) is 26.3 Å². The van der Waals surface area contributed by atoms with E-state index in [4.69, 9.17) is 23.7 Å². The number of fused-ring (bicyclic) bond motifs is 2. The first-order chi connectivity index (χ1) is 13.6. The Kier molecular flexibility index (Phi) is 4.59. The summed E-state index contributed by atoms with van der Waals surface area (Å²) in [5, 5.41) is 0. The Balaban J connectivity index is 1.87. The van der Waals surface area contributed by atoms with Crippen LogP contribution in [-0.2, 0) is 38.1 Å². The van der Waals surface area contributed by atoms with Gasteiger partial charge in [0.1, 0.15) is 18.3 Å². The summed E-state index contributed by atoms with van der Waals surface area (Å²) >= 11 is 0. The van der Waals surface area contributed by atoms with Gasteiger partial charge in [-0.2, -0.15) is 0 Å². The lowest BCUT2D eigenvalue weighted by Gasteiger charge is -2.57. The molecule has 0 radical (unpaired) electrons. The molecule has 2 bridgehead atoms. The highest BCUT2D eigenvalue weighted by Gasteiger charge is 2.86. The summed E-state index contributed by atoms with van der Waals surface area (Å²) in [5.41, 5.74) is -1.04. The summed E-state index contributed by atoms with van der Waals surface area (Å²) < 4.78 is 29.4. The Morgan fingerprint density at radius 3 is 2.34 bits per heavy atom. The van der Waals surface area contributed by atoms with Crippen molar-refractivity contribution in [2.75, 3.05) is 13.2 Å². The third kappa shape index (κ3) is 2.68. The van der Waals surface area contributed by atoms with Crippen LogP contribution in [0.5, 0.6) is 0 Å². The minimum atomic E-state index is -0.794. The molecule has 0 aromatic heterocycles. The van der Waals surface area contributed by atoms with Crippen molar-refractivity contribution in [3.63, 3.8) is 0 Å².